The number of aromatic nitrogens is 1. The lowest BCUT2D eigenvalue weighted by Gasteiger charge is -2.37. The highest BCUT2D eigenvalue weighted by atomic mass is 16.2. The first-order valence-corrected chi connectivity index (χ1v) is 5.63. The molecule has 3 N–H and O–H groups in total. The molecule has 2 rings (SSSR count). The Labute approximate surface area is 95.3 Å². The maximum atomic E-state index is 11.9. The van der Waals surface area contributed by atoms with Gasteiger partial charge in [-0.1, -0.05) is 6.07 Å². The van der Waals surface area contributed by atoms with E-state index in [-0.39, 0.29) is 11.9 Å². The second-order valence-corrected chi connectivity index (χ2v) is 4.46. The predicted octanol–water partition coefficient (Wildman–Crippen LogP) is 1.14. The van der Waals surface area contributed by atoms with Crippen molar-refractivity contribution in [2.24, 2.45) is 5.73 Å². The summed E-state index contributed by atoms with van der Waals surface area (Å²) < 4.78 is 0. The molecular formula is C12H17N3O. The normalized spacial score (nSPS) is 19.6. The molecule has 1 atom stereocenters. The number of amides is 1. The van der Waals surface area contributed by atoms with Crippen LogP contribution in [0.2, 0.25) is 0 Å². The SMILES string of the molecule is CC(NC(=O)C1(N)CCC1)c1ccccn1. The third-order valence-corrected chi connectivity index (χ3v) is 3.18. The van der Waals surface area contributed by atoms with E-state index in [9.17, 15) is 4.79 Å². The molecule has 0 aliphatic heterocycles. The molecular weight excluding hydrogens is 202 g/mol. The summed E-state index contributed by atoms with van der Waals surface area (Å²) in [6.45, 7) is 1.92. The summed E-state index contributed by atoms with van der Waals surface area (Å²) >= 11 is 0. The van der Waals surface area contributed by atoms with Crippen LogP contribution in [0.4, 0.5) is 0 Å². The summed E-state index contributed by atoms with van der Waals surface area (Å²) in [5, 5.41) is 2.91. The van der Waals surface area contributed by atoms with Gasteiger partial charge in [-0.25, -0.2) is 0 Å². The van der Waals surface area contributed by atoms with Gasteiger partial charge in [-0.3, -0.25) is 9.78 Å². The van der Waals surface area contributed by atoms with Gasteiger partial charge in [0.2, 0.25) is 5.91 Å². The van der Waals surface area contributed by atoms with Crippen LogP contribution in [0, 0.1) is 0 Å². The van der Waals surface area contributed by atoms with Gasteiger partial charge in [0.1, 0.15) is 0 Å². The maximum Gasteiger partial charge on any atom is 0.240 e. The van der Waals surface area contributed by atoms with Crippen molar-refractivity contribution in [2.45, 2.75) is 37.8 Å². The van der Waals surface area contributed by atoms with E-state index in [1.54, 1.807) is 6.20 Å². The molecule has 1 unspecified atom stereocenters. The Kier molecular flexibility index (Phi) is 2.92. The molecule has 1 heterocycles. The van der Waals surface area contributed by atoms with Gasteiger partial charge in [0.25, 0.3) is 0 Å². The molecule has 0 saturated heterocycles. The van der Waals surface area contributed by atoms with Crippen molar-refractivity contribution < 1.29 is 4.79 Å². The highest BCUT2D eigenvalue weighted by molar-refractivity contribution is 5.87. The summed E-state index contributed by atoms with van der Waals surface area (Å²) in [6, 6.07) is 5.57. The molecule has 1 aromatic rings. The van der Waals surface area contributed by atoms with Crippen molar-refractivity contribution in [2.75, 3.05) is 0 Å². The Balaban J connectivity index is 1.97. The molecule has 0 radical (unpaired) electrons. The fourth-order valence-corrected chi connectivity index (χ4v) is 1.83. The molecule has 16 heavy (non-hydrogen) atoms. The van der Waals surface area contributed by atoms with Gasteiger partial charge in [0.15, 0.2) is 0 Å². The van der Waals surface area contributed by atoms with E-state index in [0.29, 0.717) is 0 Å². The molecule has 0 spiro atoms. The zero-order chi connectivity index (χ0) is 11.6. The number of rotatable bonds is 3. The topological polar surface area (TPSA) is 68.0 Å². The molecule has 0 bridgehead atoms. The lowest BCUT2D eigenvalue weighted by Crippen LogP contribution is -2.58. The van der Waals surface area contributed by atoms with E-state index in [2.05, 4.69) is 10.3 Å². The van der Waals surface area contributed by atoms with Gasteiger partial charge in [0.05, 0.1) is 17.3 Å². The molecule has 1 aliphatic rings. The monoisotopic (exact) mass is 219 g/mol. The molecule has 1 aromatic heterocycles. The maximum absolute atomic E-state index is 11.9. The molecule has 1 fully saturated rings. The molecule has 4 nitrogen and oxygen atoms in total. The standard InChI is InChI=1S/C12H17N3O/c1-9(10-5-2-3-8-14-10)15-11(16)12(13)6-4-7-12/h2-3,5,8-9H,4,6-7,13H2,1H3,(H,15,16). The Morgan fingerprint density at radius 1 is 1.56 bits per heavy atom. The highest BCUT2D eigenvalue weighted by Gasteiger charge is 2.40. The lowest BCUT2D eigenvalue weighted by molar-refractivity contribution is -0.129. The van der Waals surface area contributed by atoms with Gasteiger partial charge < -0.3 is 11.1 Å². The number of pyridine rings is 1. The van der Waals surface area contributed by atoms with Crippen LogP contribution in [0.15, 0.2) is 24.4 Å². The molecule has 0 aromatic carbocycles. The van der Waals surface area contributed by atoms with Crippen molar-refractivity contribution in [1.82, 2.24) is 10.3 Å². The lowest BCUT2D eigenvalue weighted by atomic mass is 9.77. The van der Waals surface area contributed by atoms with Crippen LogP contribution in [0.3, 0.4) is 0 Å². The summed E-state index contributed by atoms with van der Waals surface area (Å²) in [7, 11) is 0. The number of carbonyl (C=O) groups excluding carboxylic acids is 1. The Hall–Kier alpha value is -1.42. The Morgan fingerprint density at radius 3 is 2.81 bits per heavy atom. The van der Waals surface area contributed by atoms with Gasteiger partial charge in [-0.05, 0) is 38.3 Å². The van der Waals surface area contributed by atoms with Crippen LogP contribution in [0.5, 0.6) is 0 Å². The van der Waals surface area contributed by atoms with Crippen molar-refractivity contribution in [3.63, 3.8) is 0 Å². The number of nitrogens with zero attached hydrogens (tertiary/aromatic N) is 1. The largest absolute Gasteiger partial charge is 0.346 e. The number of hydrogen-bond acceptors (Lipinski definition) is 3. The van der Waals surface area contributed by atoms with Crippen molar-refractivity contribution in [3.8, 4) is 0 Å². The van der Waals surface area contributed by atoms with Crippen molar-refractivity contribution in [1.29, 1.82) is 0 Å². The minimum atomic E-state index is -0.636. The van der Waals surface area contributed by atoms with Crippen molar-refractivity contribution >= 4 is 5.91 Å². The predicted molar refractivity (Wildman–Crippen MR) is 61.6 cm³/mol. The van der Waals surface area contributed by atoms with Crippen LogP contribution in [0.1, 0.15) is 37.9 Å². The van der Waals surface area contributed by atoms with E-state index in [0.717, 1.165) is 25.0 Å². The van der Waals surface area contributed by atoms with E-state index < -0.39 is 5.54 Å². The average Bonchev–Trinajstić information content (AvgIpc) is 2.27. The van der Waals surface area contributed by atoms with Crippen LogP contribution in [-0.4, -0.2) is 16.4 Å². The van der Waals surface area contributed by atoms with Gasteiger partial charge >= 0.3 is 0 Å². The van der Waals surface area contributed by atoms with Crippen LogP contribution >= 0.6 is 0 Å². The average molecular weight is 219 g/mol. The number of nitrogens with two attached hydrogens (primary N) is 1. The molecule has 1 aliphatic carbocycles. The molecule has 4 heteroatoms. The number of hydrogen-bond donors (Lipinski definition) is 2. The molecule has 86 valence electrons. The highest BCUT2D eigenvalue weighted by Crippen LogP contribution is 2.29. The zero-order valence-electron chi connectivity index (χ0n) is 9.44. The van der Waals surface area contributed by atoms with Crippen LogP contribution in [0.25, 0.3) is 0 Å². The minimum Gasteiger partial charge on any atom is -0.346 e. The van der Waals surface area contributed by atoms with Gasteiger partial charge in [-0.2, -0.15) is 0 Å². The van der Waals surface area contributed by atoms with Gasteiger partial charge in [0, 0.05) is 6.20 Å². The smallest absolute Gasteiger partial charge is 0.240 e. The minimum absolute atomic E-state index is 0.0584. The summed E-state index contributed by atoms with van der Waals surface area (Å²) in [5.41, 5.74) is 6.16. The summed E-state index contributed by atoms with van der Waals surface area (Å²) in [4.78, 5) is 16.1. The zero-order valence-corrected chi connectivity index (χ0v) is 9.44. The molecule has 1 amide bonds. The van der Waals surface area contributed by atoms with Gasteiger partial charge in [-0.15, -0.1) is 0 Å². The summed E-state index contributed by atoms with van der Waals surface area (Å²) in [5.74, 6) is -0.0584. The van der Waals surface area contributed by atoms with Crippen LogP contribution in [-0.2, 0) is 4.79 Å². The second kappa shape index (κ2) is 4.22. The first-order chi connectivity index (χ1) is 7.62. The fourth-order valence-electron chi connectivity index (χ4n) is 1.83. The summed E-state index contributed by atoms with van der Waals surface area (Å²) in [6.07, 6.45) is 4.34. The van der Waals surface area contributed by atoms with E-state index >= 15 is 0 Å². The van der Waals surface area contributed by atoms with E-state index in [4.69, 9.17) is 5.73 Å². The van der Waals surface area contributed by atoms with Crippen LogP contribution < -0.4 is 11.1 Å². The van der Waals surface area contributed by atoms with E-state index in [1.165, 1.54) is 0 Å². The number of nitrogens with one attached hydrogen (secondary N) is 1. The number of carbonyl (C=O) groups is 1. The first kappa shape index (κ1) is 11.1. The first-order valence-electron chi connectivity index (χ1n) is 5.63. The van der Waals surface area contributed by atoms with Crippen molar-refractivity contribution in [3.05, 3.63) is 30.1 Å². The third kappa shape index (κ3) is 2.07. The Morgan fingerprint density at radius 2 is 2.31 bits per heavy atom. The van der Waals surface area contributed by atoms with E-state index in [1.807, 2.05) is 25.1 Å². The third-order valence-electron chi connectivity index (χ3n) is 3.18. The fraction of sp³-hybridized carbons (Fsp3) is 0.500. The molecule has 1 saturated carbocycles. The Bertz CT molecular complexity index is 373. The quantitative estimate of drug-likeness (QED) is 0.801. The second-order valence-electron chi connectivity index (χ2n) is 4.46.